The third-order valence-corrected chi connectivity index (χ3v) is 6.40. The molecule has 1 saturated heterocycles. The predicted octanol–water partition coefficient (Wildman–Crippen LogP) is 2.42. The Balaban J connectivity index is 1.60. The lowest BCUT2D eigenvalue weighted by atomic mass is 9.95. The van der Waals surface area contributed by atoms with Gasteiger partial charge in [0.15, 0.2) is 0 Å². The van der Waals surface area contributed by atoms with Gasteiger partial charge < -0.3 is 20.9 Å². The maximum atomic E-state index is 14.5. The number of hydrogen-bond acceptors (Lipinski definition) is 6. The molecule has 188 valence electrons. The van der Waals surface area contributed by atoms with Gasteiger partial charge in [0.25, 0.3) is 5.91 Å². The third-order valence-electron chi connectivity index (χ3n) is 6.40. The number of allylic oxidation sites excluding steroid dienone is 1. The number of amides is 1. The quantitative estimate of drug-likeness (QED) is 0.318. The summed E-state index contributed by atoms with van der Waals surface area (Å²) < 4.78 is 14.5. The molecule has 1 aliphatic heterocycles. The normalized spacial score (nSPS) is 16.0. The van der Waals surface area contributed by atoms with Gasteiger partial charge in [-0.2, -0.15) is 0 Å². The van der Waals surface area contributed by atoms with Crippen molar-refractivity contribution in [2.24, 2.45) is 5.92 Å². The number of halogens is 1. The molecule has 8 nitrogen and oxygen atoms in total. The van der Waals surface area contributed by atoms with Crippen LogP contribution in [0.2, 0.25) is 0 Å². The minimum atomic E-state index is -0.987. The second-order valence-corrected chi connectivity index (χ2v) is 8.81. The van der Waals surface area contributed by atoms with Crippen LogP contribution in [0.4, 0.5) is 4.39 Å². The molecule has 0 aliphatic carbocycles. The molecule has 4 rings (SSSR count). The zero-order valence-electron chi connectivity index (χ0n) is 19.8. The van der Waals surface area contributed by atoms with Crippen molar-refractivity contribution in [2.75, 3.05) is 6.54 Å². The number of hydrogen-bond donors (Lipinski definition) is 4. The molecule has 0 saturated carbocycles. The van der Waals surface area contributed by atoms with E-state index in [0.717, 1.165) is 10.9 Å². The van der Waals surface area contributed by atoms with Crippen LogP contribution in [0.25, 0.3) is 10.9 Å². The SMILES string of the molecule is O=C=CC(C[C@@H]1CCNC1=C=O)NC(=C=O)C(Cc1ccccc1F)NC(=O)c1cc2ccccc2[nH]1. The van der Waals surface area contributed by atoms with E-state index < -0.39 is 23.8 Å². The molecule has 1 aliphatic rings. The van der Waals surface area contributed by atoms with Gasteiger partial charge in [0.1, 0.15) is 35.0 Å². The number of rotatable bonds is 10. The molecule has 1 aromatic heterocycles. The van der Waals surface area contributed by atoms with Crippen molar-refractivity contribution in [3.05, 3.63) is 89.1 Å². The predicted molar refractivity (Wildman–Crippen MR) is 136 cm³/mol. The Morgan fingerprint density at radius 1 is 1.11 bits per heavy atom. The molecule has 3 atom stereocenters. The third kappa shape index (κ3) is 6.13. The Kier molecular flexibility index (Phi) is 8.14. The summed E-state index contributed by atoms with van der Waals surface area (Å²) in [6.07, 6.45) is 2.13. The zero-order valence-corrected chi connectivity index (χ0v) is 19.8. The highest BCUT2D eigenvalue weighted by atomic mass is 19.1. The summed E-state index contributed by atoms with van der Waals surface area (Å²) in [7, 11) is 0. The fourth-order valence-corrected chi connectivity index (χ4v) is 4.52. The number of carbonyl (C=O) groups is 1. The van der Waals surface area contributed by atoms with E-state index in [-0.39, 0.29) is 29.3 Å². The molecule has 37 heavy (non-hydrogen) atoms. The summed E-state index contributed by atoms with van der Waals surface area (Å²) in [6, 6.07) is 13.4. The zero-order chi connectivity index (χ0) is 26.2. The van der Waals surface area contributed by atoms with Crippen molar-refractivity contribution < 1.29 is 23.6 Å². The topological polar surface area (TPSA) is 120 Å². The van der Waals surface area contributed by atoms with Gasteiger partial charge in [-0.25, -0.2) is 18.8 Å². The van der Waals surface area contributed by atoms with E-state index in [1.54, 1.807) is 30.2 Å². The standard InChI is InChI=1S/C28H25FN4O4/c29-22-7-3-1-5-18(22)14-24(33-28(37)25-15-19-6-2-4-8-23(19)32-25)27(17-36)31-21(10-12-34)13-20-9-11-30-26(20)16-35/h1-8,10,15,20-21,24,30-32H,9,11,13-14H2,(H,33,37)/t20-,21?,24?/m0/s1. The monoisotopic (exact) mass is 500 g/mol. The number of carbonyl (C=O) groups excluding carboxylic acids is 4. The van der Waals surface area contributed by atoms with E-state index >= 15 is 0 Å². The van der Waals surface area contributed by atoms with Crippen LogP contribution in [-0.4, -0.2) is 47.3 Å². The Morgan fingerprint density at radius 2 is 1.89 bits per heavy atom. The van der Waals surface area contributed by atoms with E-state index in [0.29, 0.717) is 25.1 Å². The number of aromatic amines is 1. The van der Waals surface area contributed by atoms with Crippen LogP contribution in [0.15, 0.2) is 72.1 Å². The molecule has 0 bridgehead atoms. The molecule has 3 aromatic rings. The molecule has 0 spiro atoms. The summed E-state index contributed by atoms with van der Waals surface area (Å²) >= 11 is 0. The maximum Gasteiger partial charge on any atom is 0.268 e. The number of nitrogens with one attached hydrogen (secondary N) is 4. The Labute approximate surface area is 212 Å². The Morgan fingerprint density at radius 3 is 2.62 bits per heavy atom. The highest BCUT2D eigenvalue weighted by molar-refractivity contribution is 5.98. The van der Waals surface area contributed by atoms with Crippen molar-refractivity contribution in [2.45, 2.75) is 31.3 Å². The van der Waals surface area contributed by atoms with Crippen LogP contribution in [-0.2, 0) is 20.8 Å². The molecule has 2 aromatic carbocycles. The lowest BCUT2D eigenvalue weighted by Crippen LogP contribution is -2.45. The highest BCUT2D eigenvalue weighted by Gasteiger charge is 2.28. The van der Waals surface area contributed by atoms with Gasteiger partial charge in [-0.15, -0.1) is 0 Å². The van der Waals surface area contributed by atoms with E-state index in [9.17, 15) is 23.6 Å². The molecule has 4 N–H and O–H groups in total. The summed E-state index contributed by atoms with van der Waals surface area (Å²) in [6.45, 7) is 0.597. The van der Waals surface area contributed by atoms with E-state index in [1.807, 2.05) is 36.1 Å². The minimum Gasteiger partial charge on any atom is -0.379 e. The molecule has 9 heteroatoms. The summed E-state index contributed by atoms with van der Waals surface area (Å²) in [5, 5.41) is 9.54. The second-order valence-electron chi connectivity index (χ2n) is 8.81. The largest absolute Gasteiger partial charge is 0.379 e. The number of aromatic nitrogens is 1. The molecule has 2 heterocycles. The van der Waals surface area contributed by atoms with Crippen LogP contribution in [0.5, 0.6) is 0 Å². The van der Waals surface area contributed by atoms with Gasteiger partial charge in [-0.3, -0.25) is 4.79 Å². The average molecular weight is 501 g/mol. The number of benzene rings is 2. The second kappa shape index (κ2) is 11.8. The van der Waals surface area contributed by atoms with Crippen LogP contribution in [0.1, 0.15) is 28.9 Å². The van der Waals surface area contributed by atoms with E-state index in [2.05, 4.69) is 20.9 Å². The van der Waals surface area contributed by atoms with E-state index in [4.69, 9.17) is 0 Å². The van der Waals surface area contributed by atoms with Crippen LogP contribution in [0.3, 0.4) is 0 Å². The van der Waals surface area contributed by atoms with Gasteiger partial charge in [0, 0.05) is 35.9 Å². The molecule has 0 radical (unpaired) electrons. The highest BCUT2D eigenvalue weighted by Crippen LogP contribution is 2.23. The number of fused-ring (bicyclic) bond motifs is 1. The van der Waals surface area contributed by atoms with Crippen LogP contribution >= 0.6 is 0 Å². The van der Waals surface area contributed by atoms with Gasteiger partial charge in [0.2, 0.25) is 0 Å². The minimum absolute atomic E-state index is 0.0434. The summed E-state index contributed by atoms with van der Waals surface area (Å²) in [4.78, 5) is 50.7. The first-order valence-electron chi connectivity index (χ1n) is 11.9. The molecule has 1 amide bonds. The summed E-state index contributed by atoms with van der Waals surface area (Å²) in [5.74, 6) is 4.24. The Hall–Kier alpha value is -4.67. The lowest BCUT2D eigenvalue weighted by molar-refractivity contribution is 0.0937. The van der Waals surface area contributed by atoms with Crippen LogP contribution in [0, 0.1) is 11.7 Å². The van der Waals surface area contributed by atoms with Crippen molar-refractivity contribution in [1.82, 2.24) is 20.9 Å². The summed E-state index contributed by atoms with van der Waals surface area (Å²) in [5.41, 5.74) is 1.66. The fraction of sp³-hybridized carbons (Fsp3) is 0.250. The van der Waals surface area contributed by atoms with Crippen molar-refractivity contribution >= 4 is 34.6 Å². The smallest absolute Gasteiger partial charge is 0.268 e. The van der Waals surface area contributed by atoms with Gasteiger partial charge in [-0.05, 0) is 36.6 Å². The first-order chi connectivity index (χ1) is 18.0. The molecular weight excluding hydrogens is 475 g/mol. The van der Waals surface area contributed by atoms with Gasteiger partial charge >= 0.3 is 0 Å². The van der Waals surface area contributed by atoms with Crippen molar-refractivity contribution in [3.63, 3.8) is 0 Å². The van der Waals surface area contributed by atoms with E-state index in [1.165, 1.54) is 12.1 Å². The Bertz CT molecular complexity index is 1410. The van der Waals surface area contributed by atoms with Crippen molar-refractivity contribution in [1.29, 1.82) is 0 Å². The fourth-order valence-electron chi connectivity index (χ4n) is 4.52. The van der Waals surface area contributed by atoms with Gasteiger partial charge in [-0.1, -0.05) is 36.4 Å². The lowest BCUT2D eigenvalue weighted by Gasteiger charge is -2.25. The van der Waals surface area contributed by atoms with Gasteiger partial charge in [0.05, 0.1) is 17.8 Å². The first kappa shape index (κ1) is 25.4. The van der Waals surface area contributed by atoms with Crippen LogP contribution < -0.4 is 16.0 Å². The maximum absolute atomic E-state index is 14.5. The number of H-pyrrole nitrogens is 1. The van der Waals surface area contributed by atoms with Crippen molar-refractivity contribution in [3.8, 4) is 0 Å². The first-order valence-corrected chi connectivity index (χ1v) is 11.9. The number of para-hydroxylation sites is 1. The molecular formula is C28H25FN4O4. The molecule has 2 unspecified atom stereocenters. The molecule has 1 fully saturated rings. The average Bonchev–Trinajstić information content (AvgIpc) is 3.55.